The first-order valence-electron chi connectivity index (χ1n) is 8.44. The van der Waals surface area contributed by atoms with E-state index in [2.05, 4.69) is 27.0 Å². The number of nitrogens with two attached hydrogens (primary N) is 1. The Morgan fingerprint density at radius 3 is 2.74 bits per heavy atom. The zero-order valence-corrected chi connectivity index (χ0v) is 16.5. The Kier molecular flexibility index (Phi) is 4.76. The molecule has 2 bridgehead atoms. The van der Waals surface area contributed by atoms with Crippen LogP contribution in [0.1, 0.15) is 23.6 Å². The molecule has 4 rings (SSSR count). The van der Waals surface area contributed by atoms with Gasteiger partial charge in [0, 0.05) is 6.42 Å². The fourth-order valence-electron chi connectivity index (χ4n) is 3.41. The SMILES string of the molecule is Cc1cc(C)cc(-n2nnn(C3C/C(=N\NC(N)=S)C4OCC3O4)c2=S)c1. The molecular formula is C16H19N7O2S2. The fraction of sp³-hybridized carbons (Fsp3) is 0.438. The summed E-state index contributed by atoms with van der Waals surface area (Å²) in [4.78, 5) is 0. The highest BCUT2D eigenvalue weighted by Gasteiger charge is 2.44. The number of thiocarbonyl (C=S) groups is 1. The van der Waals surface area contributed by atoms with Crippen molar-refractivity contribution in [2.24, 2.45) is 10.8 Å². The highest BCUT2D eigenvalue weighted by molar-refractivity contribution is 7.80. The van der Waals surface area contributed by atoms with Crippen molar-refractivity contribution in [2.75, 3.05) is 6.61 Å². The number of tetrazole rings is 1. The predicted octanol–water partition coefficient (Wildman–Crippen LogP) is 1.29. The van der Waals surface area contributed by atoms with Crippen LogP contribution in [-0.2, 0) is 9.47 Å². The molecule has 0 spiro atoms. The lowest BCUT2D eigenvalue weighted by Gasteiger charge is -2.27. The van der Waals surface area contributed by atoms with Crippen LogP contribution in [0.25, 0.3) is 5.69 Å². The van der Waals surface area contributed by atoms with Gasteiger partial charge in [-0.25, -0.2) is 4.68 Å². The lowest BCUT2D eigenvalue weighted by Crippen LogP contribution is -2.39. The molecule has 27 heavy (non-hydrogen) atoms. The Bertz CT molecular complexity index is 963. The van der Waals surface area contributed by atoms with Crippen LogP contribution < -0.4 is 11.2 Å². The van der Waals surface area contributed by atoms with Gasteiger partial charge in [-0.05, 0) is 72.0 Å². The van der Waals surface area contributed by atoms with Crippen LogP contribution in [0.2, 0.25) is 0 Å². The molecule has 3 atom stereocenters. The molecule has 2 fully saturated rings. The van der Waals surface area contributed by atoms with E-state index in [1.54, 1.807) is 9.36 Å². The molecule has 142 valence electrons. The van der Waals surface area contributed by atoms with Crippen molar-refractivity contribution >= 4 is 35.3 Å². The van der Waals surface area contributed by atoms with E-state index in [0.717, 1.165) is 16.8 Å². The third-order valence-corrected chi connectivity index (χ3v) is 4.96. The number of nitrogens with one attached hydrogen (secondary N) is 1. The van der Waals surface area contributed by atoms with Crippen LogP contribution in [-0.4, -0.2) is 49.6 Å². The maximum absolute atomic E-state index is 5.90. The lowest BCUT2D eigenvalue weighted by atomic mass is 10.0. The van der Waals surface area contributed by atoms with Crippen LogP contribution in [0.15, 0.2) is 23.3 Å². The Balaban J connectivity index is 1.67. The molecule has 3 unspecified atom stereocenters. The molecule has 0 amide bonds. The zero-order valence-electron chi connectivity index (χ0n) is 14.8. The smallest absolute Gasteiger partial charge is 0.221 e. The summed E-state index contributed by atoms with van der Waals surface area (Å²) in [5.41, 5.74) is 11.8. The van der Waals surface area contributed by atoms with Crippen LogP contribution in [0.3, 0.4) is 0 Å². The van der Waals surface area contributed by atoms with Gasteiger partial charge in [-0.2, -0.15) is 9.78 Å². The summed E-state index contributed by atoms with van der Waals surface area (Å²) < 4.78 is 15.4. The summed E-state index contributed by atoms with van der Waals surface area (Å²) in [6, 6.07) is 5.96. The average Bonchev–Trinajstić information content (AvgIpc) is 3.18. The van der Waals surface area contributed by atoms with Crippen molar-refractivity contribution in [3.05, 3.63) is 34.1 Å². The monoisotopic (exact) mass is 405 g/mol. The van der Waals surface area contributed by atoms with Crippen molar-refractivity contribution in [1.82, 2.24) is 25.2 Å². The van der Waals surface area contributed by atoms with Crippen molar-refractivity contribution in [3.8, 4) is 5.69 Å². The van der Waals surface area contributed by atoms with E-state index in [0.29, 0.717) is 23.5 Å². The highest BCUT2D eigenvalue weighted by Crippen LogP contribution is 2.33. The normalized spacial score (nSPS) is 25.7. The van der Waals surface area contributed by atoms with Crippen molar-refractivity contribution in [2.45, 2.75) is 38.7 Å². The molecule has 11 heteroatoms. The minimum absolute atomic E-state index is 0.0801. The minimum atomic E-state index is -0.503. The van der Waals surface area contributed by atoms with Crippen LogP contribution in [0.4, 0.5) is 0 Å². The van der Waals surface area contributed by atoms with Gasteiger partial charge >= 0.3 is 0 Å². The number of hydrazone groups is 1. The largest absolute Gasteiger partial charge is 0.375 e. The standard InChI is InChI=1S/C16H19N7O2S2/c1-8-3-9(2)5-10(4-8)22-16(27)23(21-20-22)12-6-11(18-19-15(17)26)14-24-7-13(12)25-14/h3-5,12-14H,6-7H2,1-2H3,(H3,17,19,26)/b18-11+. The van der Waals surface area contributed by atoms with Gasteiger partial charge in [-0.3, -0.25) is 5.43 Å². The molecule has 0 aliphatic carbocycles. The highest BCUT2D eigenvalue weighted by atomic mass is 32.1. The average molecular weight is 406 g/mol. The molecule has 2 aromatic rings. The molecule has 9 nitrogen and oxygen atoms in total. The number of nitrogens with zero attached hydrogens (tertiary/aromatic N) is 5. The molecule has 2 saturated heterocycles. The first-order valence-corrected chi connectivity index (χ1v) is 9.26. The molecule has 2 aliphatic rings. The quantitative estimate of drug-likeness (QED) is 0.581. The Morgan fingerprint density at radius 2 is 2.04 bits per heavy atom. The van der Waals surface area contributed by atoms with Crippen LogP contribution in [0.5, 0.6) is 0 Å². The van der Waals surface area contributed by atoms with Gasteiger partial charge in [0.2, 0.25) is 4.77 Å². The maximum Gasteiger partial charge on any atom is 0.221 e. The van der Waals surface area contributed by atoms with E-state index in [9.17, 15) is 0 Å². The molecule has 3 heterocycles. The molecule has 1 aromatic heterocycles. The van der Waals surface area contributed by atoms with E-state index in [4.69, 9.17) is 39.6 Å². The Labute approximate surface area is 166 Å². The summed E-state index contributed by atoms with van der Waals surface area (Å²) in [7, 11) is 0. The number of fused-ring (bicyclic) bond motifs is 2. The molecule has 2 aliphatic heterocycles. The van der Waals surface area contributed by atoms with E-state index < -0.39 is 6.29 Å². The molecule has 1 aromatic carbocycles. The minimum Gasteiger partial charge on any atom is -0.375 e. The summed E-state index contributed by atoms with van der Waals surface area (Å²) in [6.45, 7) is 4.50. The first-order chi connectivity index (χ1) is 12.9. The van der Waals surface area contributed by atoms with Gasteiger partial charge in [0.15, 0.2) is 11.4 Å². The van der Waals surface area contributed by atoms with Crippen LogP contribution in [0, 0.1) is 18.6 Å². The summed E-state index contributed by atoms with van der Waals surface area (Å²) in [6.07, 6.45) is -0.128. The first kappa shape index (κ1) is 18.2. The van der Waals surface area contributed by atoms with Gasteiger partial charge in [-0.15, -0.1) is 0 Å². The second-order valence-electron chi connectivity index (χ2n) is 6.65. The van der Waals surface area contributed by atoms with E-state index in [1.807, 2.05) is 26.0 Å². The maximum atomic E-state index is 5.90. The number of rotatable bonds is 3. The zero-order chi connectivity index (χ0) is 19.1. The third-order valence-electron chi connectivity index (χ3n) is 4.51. The van der Waals surface area contributed by atoms with Crippen molar-refractivity contribution < 1.29 is 9.47 Å². The molecule has 0 radical (unpaired) electrons. The van der Waals surface area contributed by atoms with Crippen LogP contribution >= 0.6 is 24.4 Å². The number of hydrogen-bond donors (Lipinski definition) is 2. The number of aryl methyl sites for hydroxylation is 2. The van der Waals surface area contributed by atoms with Crippen molar-refractivity contribution in [3.63, 3.8) is 0 Å². The molecule has 0 saturated carbocycles. The molecular weight excluding hydrogens is 386 g/mol. The third kappa shape index (κ3) is 3.50. The molecule has 3 N–H and O–H groups in total. The van der Waals surface area contributed by atoms with Gasteiger partial charge in [0.1, 0.15) is 6.10 Å². The second-order valence-corrected chi connectivity index (χ2v) is 7.46. The van der Waals surface area contributed by atoms with Gasteiger partial charge in [-0.1, -0.05) is 6.07 Å². The Hall–Kier alpha value is -2.21. The lowest BCUT2D eigenvalue weighted by molar-refractivity contribution is -0.0324. The number of hydrogen-bond acceptors (Lipinski definition) is 7. The van der Waals surface area contributed by atoms with Gasteiger partial charge in [0.25, 0.3) is 0 Å². The van der Waals surface area contributed by atoms with E-state index in [1.165, 1.54) is 0 Å². The van der Waals surface area contributed by atoms with Crippen molar-refractivity contribution in [1.29, 1.82) is 0 Å². The van der Waals surface area contributed by atoms with Gasteiger partial charge in [0.05, 0.1) is 24.0 Å². The summed E-state index contributed by atoms with van der Waals surface area (Å²) >= 11 is 10.4. The van der Waals surface area contributed by atoms with Gasteiger partial charge < -0.3 is 15.2 Å². The van der Waals surface area contributed by atoms with E-state index >= 15 is 0 Å². The van der Waals surface area contributed by atoms with E-state index in [-0.39, 0.29) is 17.3 Å². The predicted molar refractivity (Wildman–Crippen MR) is 105 cm³/mol. The summed E-state index contributed by atoms with van der Waals surface area (Å²) in [5.74, 6) is 0. The fourth-order valence-corrected chi connectivity index (χ4v) is 3.77. The Morgan fingerprint density at radius 1 is 1.30 bits per heavy atom. The second kappa shape index (κ2) is 7.08. The topological polar surface area (TPSA) is 105 Å². The summed E-state index contributed by atoms with van der Waals surface area (Å²) in [5, 5.41) is 12.8. The number of benzene rings is 1. The number of ether oxygens (including phenoxy) is 2. The number of aromatic nitrogens is 4.